The van der Waals surface area contributed by atoms with E-state index >= 15 is 0 Å². The van der Waals surface area contributed by atoms with Gasteiger partial charge >= 0.3 is 0 Å². The van der Waals surface area contributed by atoms with Crippen molar-refractivity contribution in [1.29, 1.82) is 0 Å². The predicted molar refractivity (Wildman–Crippen MR) is 55.0 cm³/mol. The van der Waals surface area contributed by atoms with E-state index in [1.54, 1.807) is 18.7 Å². The van der Waals surface area contributed by atoms with E-state index in [0.717, 1.165) is 21.8 Å². The van der Waals surface area contributed by atoms with Crippen LogP contribution < -0.4 is 0 Å². The third kappa shape index (κ3) is 1.48. The van der Waals surface area contributed by atoms with Gasteiger partial charge in [-0.05, 0) is 31.9 Å². The second kappa shape index (κ2) is 3.02. The molecular formula is C11H13FS. The van der Waals surface area contributed by atoms with Crippen molar-refractivity contribution in [3.8, 4) is 0 Å². The molecule has 0 aliphatic carbocycles. The van der Waals surface area contributed by atoms with Crippen LogP contribution in [0.4, 0.5) is 4.39 Å². The average Bonchev–Trinajstić information content (AvgIpc) is 2.02. The number of halogens is 1. The Kier molecular flexibility index (Phi) is 2.11. The Morgan fingerprint density at radius 2 is 2.23 bits per heavy atom. The summed E-state index contributed by atoms with van der Waals surface area (Å²) in [6.07, 6.45) is 0.634. The fraction of sp³-hybridized carbons (Fsp3) is 0.455. The smallest absolute Gasteiger partial charge is 0.135 e. The van der Waals surface area contributed by atoms with Gasteiger partial charge in [0.25, 0.3) is 0 Å². The highest BCUT2D eigenvalue weighted by Gasteiger charge is 2.33. The second-order valence-electron chi connectivity index (χ2n) is 3.74. The predicted octanol–water partition coefficient (Wildman–Crippen LogP) is 3.68. The highest BCUT2D eigenvalue weighted by Crippen LogP contribution is 2.43. The van der Waals surface area contributed by atoms with Gasteiger partial charge in [0.15, 0.2) is 0 Å². The molecule has 1 unspecified atom stereocenters. The molecule has 0 bridgehead atoms. The molecule has 1 aromatic rings. The van der Waals surface area contributed by atoms with Gasteiger partial charge in [-0.15, -0.1) is 11.8 Å². The van der Waals surface area contributed by atoms with Gasteiger partial charge in [-0.1, -0.05) is 12.1 Å². The molecule has 0 aromatic heterocycles. The highest BCUT2D eigenvalue weighted by molar-refractivity contribution is 7.99. The minimum absolute atomic E-state index is 0.634. The number of thioether (sulfide) groups is 1. The molecular weight excluding hydrogens is 183 g/mol. The molecule has 0 N–H and O–H groups in total. The van der Waals surface area contributed by atoms with Crippen molar-refractivity contribution in [2.24, 2.45) is 0 Å². The van der Waals surface area contributed by atoms with Crippen LogP contribution in [0.1, 0.15) is 24.5 Å². The monoisotopic (exact) mass is 196 g/mol. The zero-order chi connectivity index (χ0) is 9.47. The number of hydrogen-bond donors (Lipinski definition) is 0. The summed E-state index contributed by atoms with van der Waals surface area (Å²) in [6.45, 7) is 3.68. The first kappa shape index (κ1) is 9.07. The Hall–Kier alpha value is -0.500. The van der Waals surface area contributed by atoms with E-state index in [2.05, 4.69) is 0 Å². The first-order valence-electron chi connectivity index (χ1n) is 4.53. The largest absolute Gasteiger partial charge is 0.239 e. The van der Waals surface area contributed by atoms with Crippen molar-refractivity contribution in [2.45, 2.75) is 30.8 Å². The molecule has 0 fully saturated rings. The van der Waals surface area contributed by atoms with Gasteiger partial charge in [-0.25, -0.2) is 4.39 Å². The van der Waals surface area contributed by atoms with Crippen LogP contribution in [0.5, 0.6) is 0 Å². The van der Waals surface area contributed by atoms with Crippen molar-refractivity contribution in [2.75, 3.05) is 5.75 Å². The van der Waals surface area contributed by atoms with Crippen molar-refractivity contribution in [3.63, 3.8) is 0 Å². The first-order valence-corrected chi connectivity index (χ1v) is 5.51. The van der Waals surface area contributed by atoms with Gasteiger partial charge in [0.1, 0.15) is 5.67 Å². The van der Waals surface area contributed by atoms with Crippen LogP contribution in [0.3, 0.4) is 0 Å². The Morgan fingerprint density at radius 3 is 2.92 bits per heavy atom. The fourth-order valence-corrected chi connectivity index (χ4v) is 3.31. The standard InChI is InChI=1S/C11H13FS/c1-8-4-3-5-9-10(8)11(2,12)6-7-13-9/h3-5H,6-7H2,1-2H3. The maximum absolute atomic E-state index is 14.1. The second-order valence-corrected chi connectivity index (χ2v) is 4.88. The van der Waals surface area contributed by atoms with Crippen LogP contribution in [0.2, 0.25) is 0 Å². The number of hydrogen-bond acceptors (Lipinski definition) is 1. The highest BCUT2D eigenvalue weighted by atomic mass is 32.2. The lowest BCUT2D eigenvalue weighted by molar-refractivity contribution is 0.179. The lowest BCUT2D eigenvalue weighted by atomic mass is 9.91. The van der Waals surface area contributed by atoms with E-state index in [1.165, 1.54) is 0 Å². The molecule has 0 spiro atoms. The summed E-state index contributed by atoms with van der Waals surface area (Å²) in [6, 6.07) is 6.01. The third-order valence-electron chi connectivity index (χ3n) is 2.58. The molecule has 1 aliphatic rings. The molecule has 0 saturated carbocycles. The normalized spacial score (nSPS) is 27.0. The molecule has 2 heteroatoms. The number of aryl methyl sites for hydroxylation is 1. The fourth-order valence-electron chi connectivity index (χ4n) is 1.91. The van der Waals surface area contributed by atoms with E-state index in [0.29, 0.717) is 6.42 Å². The van der Waals surface area contributed by atoms with E-state index in [-0.39, 0.29) is 0 Å². The number of rotatable bonds is 0. The molecule has 0 saturated heterocycles. The van der Waals surface area contributed by atoms with Gasteiger partial charge in [-0.2, -0.15) is 0 Å². The molecule has 0 nitrogen and oxygen atoms in total. The minimum atomic E-state index is -1.12. The van der Waals surface area contributed by atoms with Crippen molar-refractivity contribution in [3.05, 3.63) is 29.3 Å². The van der Waals surface area contributed by atoms with Gasteiger partial charge in [-0.3, -0.25) is 0 Å². The zero-order valence-corrected chi connectivity index (χ0v) is 8.75. The Labute approximate surface area is 82.5 Å². The van der Waals surface area contributed by atoms with Crippen molar-refractivity contribution < 1.29 is 4.39 Å². The molecule has 1 aromatic carbocycles. The molecule has 1 heterocycles. The molecule has 0 amide bonds. The topological polar surface area (TPSA) is 0 Å². The van der Waals surface area contributed by atoms with Crippen molar-refractivity contribution >= 4 is 11.8 Å². The average molecular weight is 196 g/mol. The molecule has 2 rings (SSSR count). The van der Waals surface area contributed by atoms with E-state index in [4.69, 9.17) is 0 Å². The molecule has 13 heavy (non-hydrogen) atoms. The number of fused-ring (bicyclic) bond motifs is 1. The van der Waals surface area contributed by atoms with Crippen LogP contribution >= 0.6 is 11.8 Å². The molecule has 1 aliphatic heterocycles. The third-order valence-corrected chi connectivity index (χ3v) is 3.64. The van der Waals surface area contributed by atoms with E-state index in [9.17, 15) is 4.39 Å². The summed E-state index contributed by atoms with van der Waals surface area (Å²) in [5, 5.41) is 0. The lowest BCUT2D eigenvalue weighted by Gasteiger charge is -2.29. The van der Waals surface area contributed by atoms with Crippen molar-refractivity contribution in [1.82, 2.24) is 0 Å². The lowest BCUT2D eigenvalue weighted by Crippen LogP contribution is -2.22. The van der Waals surface area contributed by atoms with Crippen LogP contribution in [0, 0.1) is 6.92 Å². The molecule has 1 atom stereocenters. The zero-order valence-electron chi connectivity index (χ0n) is 7.93. The number of alkyl halides is 1. The van der Waals surface area contributed by atoms with Crippen LogP contribution in [0.15, 0.2) is 23.1 Å². The summed E-state index contributed by atoms with van der Waals surface area (Å²) in [5.41, 5.74) is 0.868. The SMILES string of the molecule is Cc1cccc2c1C(C)(F)CCS2. The summed E-state index contributed by atoms with van der Waals surface area (Å²) < 4.78 is 14.1. The summed E-state index contributed by atoms with van der Waals surface area (Å²) in [5.74, 6) is 0.892. The van der Waals surface area contributed by atoms with Gasteiger partial charge in [0.05, 0.1) is 0 Å². The quantitative estimate of drug-likeness (QED) is 0.610. The Morgan fingerprint density at radius 1 is 1.46 bits per heavy atom. The van der Waals surface area contributed by atoms with Gasteiger partial charge in [0.2, 0.25) is 0 Å². The Balaban J connectivity index is 2.61. The number of benzene rings is 1. The van der Waals surface area contributed by atoms with E-state index < -0.39 is 5.67 Å². The maximum Gasteiger partial charge on any atom is 0.135 e. The minimum Gasteiger partial charge on any atom is -0.239 e. The van der Waals surface area contributed by atoms with Gasteiger partial charge in [0, 0.05) is 16.2 Å². The maximum atomic E-state index is 14.1. The van der Waals surface area contributed by atoms with Crippen LogP contribution in [0.25, 0.3) is 0 Å². The summed E-state index contributed by atoms with van der Waals surface area (Å²) in [4.78, 5) is 1.12. The van der Waals surface area contributed by atoms with Crippen LogP contribution in [-0.4, -0.2) is 5.75 Å². The molecule has 0 radical (unpaired) electrons. The van der Waals surface area contributed by atoms with E-state index in [1.807, 2.05) is 25.1 Å². The van der Waals surface area contributed by atoms with Crippen LogP contribution in [-0.2, 0) is 5.67 Å². The van der Waals surface area contributed by atoms with Gasteiger partial charge < -0.3 is 0 Å². The Bertz CT molecular complexity index is 331. The summed E-state index contributed by atoms with van der Waals surface area (Å²) >= 11 is 1.77. The first-order chi connectivity index (χ1) is 6.11. The molecule has 70 valence electrons. The summed E-state index contributed by atoms with van der Waals surface area (Å²) in [7, 11) is 0.